The molecule has 0 radical (unpaired) electrons. The monoisotopic (exact) mass is 564 g/mol. The van der Waals surface area contributed by atoms with Crippen LogP contribution in [0.1, 0.15) is 36.1 Å². The first-order valence-corrected chi connectivity index (χ1v) is 15.0. The average molecular weight is 565 g/mol. The van der Waals surface area contributed by atoms with E-state index in [4.69, 9.17) is 14.7 Å². The van der Waals surface area contributed by atoms with E-state index in [1.54, 1.807) is 4.90 Å². The number of fused-ring (bicyclic) bond motifs is 2. The summed E-state index contributed by atoms with van der Waals surface area (Å²) in [4.78, 5) is 31.3. The van der Waals surface area contributed by atoms with Gasteiger partial charge in [-0.05, 0) is 62.9 Å². The van der Waals surface area contributed by atoms with Crippen molar-refractivity contribution in [3.05, 3.63) is 65.9 Å². The second-order valence-corrected chi connectivity index (χ2v) is 11.7. The van der Waals surface area contributed by atoms with Crippen LogP contribution >= 0.6 is 0 Å². The molecule has 2 fully saturated rings. The Morgan fingerprint density at radius 1 is 1.12 bits per heavy atom. The first kappa shape index (κ1) is 28.0. The molecule has 0 spiro atoms. The molecule has 2 aromatic carbocycles. The van der Waals surface area contributed by atoms with Gasteiger partial charge < -0.3 is 24.3 Å². The molecule has 3 aliphatic rings. The van der Waals surface area contributed by atoms with Crippen molar-refractivity contribution in [1.29, 1.82) is 5.26 Å². The van der Waals surface area contributed by atoms with E-state index in [1.807, 2.05) is 0 Å². The van der Waals surface area contributed by atoms with Crippen LogP contribution in [-0.4, -0.2) is 84.1 Å². The number of nitriles is 1. The summed E-state index contributed by atoms with van der Waals surface area (Å²) in [6.07, 6.45) is 4.68. The highest BCUT2D eigenvalue weighted by molar-refractivity contribution is 5.97. The van der Waals surface area contributed by atoms with Crippen LogP contribution in [-0.2, 0) is 17.8 Å². The number of aryl methyl sites for hydroxylation is 1. The Kier molecular flexibility index (Phi) is 7.98. The van der Waals surface area contributed by atoms with Crippen molar-refractivity contribution in [2.24, 2.45) is 0 Å². The molecule has 3 aromatic rings. The minimum absolute atomic E-state index is 0.134. The summed E-state index contributed by atoms with van der Waals surface area (Å²) < 4.78 is 6.30. The molecule has 1 aromatic heterocycles. The van der Waals surface area contributed by atoms with Crippen LogP contribution in [0, 0.1) is 18.3 Å². The normalized spacial score (nSPS) is 20.8. The number of amides is 1. The number of carbonyl (C=O) groups is 1. The van der Waals surface area contributed by atoms with Gasteiger partial charge in [-0.1, -0.05) is 36.9 Å². The topological polar surface area (TPSA) is 88.8 Å². The largest absolute Gasteiger partial charge is 0.462 e. The number of likely N-dealkylation sites (tertiary alicyclic amines) is 1. The maximum atomic E-state index is 12.5. The summed E-state index contributed by atoms with van der Waals surface area (Å²) in [5, 5.41) is 12.0. The third-order valence-electron chi connectivity index (χ3n) is 9.10. The van der Waals surface area contributed by atoms with E-state index in [2.05, 4.69) is 77.7 Å². The number of hydrogen-bond acceptors (Lipinski definition) is 8. The van der Waals surface area contributed by atoms with Crippen molar-refractivity contribution in [3.8, 4) is 12.1 Å². The van der Waals surface area contributed by atoms with Crippen molar-refractivity contribution in [2.75, 3.05) is 56.2 Å². The second-order valence-electron chi connectivity index (χ2n) is 11.7. The fourth-order valence-corrected chi connectivity index (χ4v) is 6.79. The predicted octanol–water partition coefficient (Wildman–Crippen LogP) is 4.09. The number of carbonyl (C=O) groups excluding carboxylic acids is 1. The number of hydrogen-bond donors (Lipinski definition) is 0. The zero-order chi connectivity index (χ0) is 29.2. The van der Waals surface area contributed by atoms with E-state index < -0.39 is 0 Å². The Hall–Kier alpha value is -4.16. The lowest BCUT2D eigenvalue weighted by Gasteiger charge is -2.42. The van der Waals surface area contributed by atoms with Gasteiger partial charge in [-0.15, -0.1) is 0 Å². The molecule has 0 N–H and O–H groups in total. The fourth-order valence-electron chi connectivity index (χ4n) is 6.79. The molecule has 0 unspecified atom stereocenters. The van der Waals surface area contributed by atoms with Crippen LogP contribution in [0.3, 0.4) is 0 Å². The molecule has 4 heterocycles. The summed E-state index contributed by atoms with van der Waals surface area (Å²) >= 11 is 0. The molecule has 3 aliphatic heterocycles. The number of likely N-dealkylation sites (N-methyl/N-ethyl adjacent to an activating group) is 1. The van der Waals surface area contributed by atoms with Crippen LogP contribution < -0.4 is 14.5 Å². The highest BCUT2D eigenvalue weighted by atomic mass is 16.5. The summed E-state index contributed by atoms with van der Waals surface area (Å²) in [6, 6.07) is 15.8. The minimum atomic E-state index is -0.227. The predicted molar refractivity (Wildman–Crippen MR) is 165 cm³/mol. The molecule has 1 amide bonds. The lowest BCUT2D eigenvalue weighted by molar-refractivity contribution is -0.128. The first-order valence-electron chi connectivity index (χ1n) is 15.0. The maximum absolute atomic E-state index is 12.5. The van der Waals surface area contributed by atoms with Crippen molar-refractivity contribution in [2.45, 2.75) is 51.2 Å². The maximum Gasteiger partial charge on any atom is 0.318 e. The molecule has 9 nitrogen and oxygen atoms in total. The van der Waals surface area contributed by atoms with Gasteiger partial charge in [0.15, 0.2) is 0 Å². The number of rotatable bonds is 7. The van der Waals surface area contributed by atoms with E-state index in [0.29, 0.717) is 44.8 Å². The van der Waals surface area contributed by atoms with Gasteiger partial charge in [0, 0.05) is 48.9 Å². The molecule has 9 heteroatoms. The van der Waals surface area contributed by atoms with Gasteiger partial charge >= 0.3 is 6.01 Å². The molecule has 2 atom stereocenters. The van der Waals surface area contributed by atoms with Crippen molar-refractivity contribution in [3.63, 3.8) is 0 Å². The fraction of sp³-hybridized carbons (Fsp3) is 0.455. The Morgan fingerprint density at radius 3 is 2.71 bits per heavy atom. The molecule has 2 saturated heterocycles. The SMILES string of the molecule is C=CC(=O)N1CCN(c2nc(OC[C@@H]3CCCN3C)nc3c2CCN(c2cccc4cccc([11CH3])c24)C3)C[C@@H]1CC#N. The van der Waals surface area contributed by atoms with Gasteiger partial charge in [0.1, 0.15) is 12.4 Å². The molecule has 6 rings (SSSR count). The van der Waals surface area contributed by atoms with Gasteiger partial charge in [-0.25, -0.2) is 0 Å². The van der Waals surface area contributed by atoms with E-state index in [9.17, 15) is 10.1 Å². The van der Waals surface area contributed by atoms with E-state index in [1.165, 1.54) is 34.5 Å². The molecule has 0 saturated carbocycles. The summed E-state index contributed by atoms with van der Waals surface area (Å²) in [7, 11) is 2.14. The second kappa shape index (κ2) is 12.0. The Labute approximate surface area is 248 Å². The molecular formula is C33H39N7O2. The van der Waals surface area contributed by atoms with Gasteiger partial charge in [0.05, 0.1) is 30.8 Å². The van der Waals surface area contributed by atoms with Crippen molar-refractivity contribution in [1.82, 2.24) is 19.8 Å². The summed E-state index contributed by atoms with van der Waals surface area (Å²) in [5.74, 6) is 0.738. The van der Waals surface area contributed by atoms with Gasteiger partial charge in [0.25, 0.3) is 0 Å². The molecule has 218 valence electrons. The van der Waals surface area contributed by atoms with Crippen LogP contribution in [0.25, 0.3) is 10.8 Å². The Bertz CT molecular complexity index is 1530. The third kappa shape index (κ3) is 5.39. The van der Waals surface area contributed by atoms with Crippen LogP contribution in [0.4, 0.5) is 11.5 Å². The molecule has 0 aliphatic carbocycles. The number of aromatic nitrogens is 2. The van der Waals surface area contributed by atoms with Crippen LogP contribution in [0.15, 0.2) is 49.1 Å². The minimum Gasteiger partial charge on any atom is -0.462 e. The third-order valence-corrected chi connectivity index (χ3v) is 9.10. The number of benzene rings is 2. The lowest BCUT2D eigenvalue weighted by Crippen LogP contribution is -2.55. The number of ether oxygens (including phenoxy) is 1. The van der Waals surface area contributed by atoms with E-state index in [-0.39, 0.29) is 18.4 Å². The van der Waals surface area contributed by atoms with Gasteiger partial charge in [-0.2, -0.15) is 15.2 Å². The quantitative estimate of drug-likeness (QED) is 0.397. The van der Waals surface area contributed by atoms with Crippen molar-refractivity contribution < 1.29 is 9.53 Å². The highest BCUT2D eigenvalue weighted by Gasteiger charge is 2.33. The number of piperazine rings is 1. The standard InChI is InChI=1S/C33H39N7O2/c1-4-30(41)40-19-18-39(20-25(40)13-15-34)32-27-14-17-38(29-12-6-10-24-9-5-8-23(2)31(24)29)21-28(27)35-33(36-32)42-22-26-11-7-16-37(26)3/h4-6,8-10,12,25-26H,1,7,11,13-14,16-22H2,2-3H3/t25-,26-/m0/s1/i2-1. The smallest absolute Gasteiger partial charge is 0.318 e. The lowest BCUT2D eigenvalue weighted by atomic mass is 9.93. The first-order chi connectivity index (χ1) is 20.5. The zero-order valence-electron chi connectivity index (χ0n) is 24.6. The molecule has 42 heavy (non-hydrogen) atoms. The van der Waals surface area contributed by atoms with Crippen molar-refractivity contribution >= 4 is 28.2 Å². The van der Waals surface area contributed by atoms with E-state index in [0.717, 1.165) is 43.0 Å². The Balaban J connectivity index is 1.34. The van der Waals surface area contributed by atoms with E-state index >= 15 is 0 Å². The van der Waals surface area contributed by atoms with Crippen LogP contribution in [0.2, 0.25) is 0 Å². The average Bonchev–Trinajstić information content (AvgIpc) is 3.43. The summed E-state index contributed by atoms with van der Waals surface area (Å²) in [6.45, 7) is 10.7. The van der Waals surface area contributed by atoms with Gasteiger partial charge in [0.2, 0.25) is 5.91 Å². The number of anilines is 2. The zero-order valence-corrected chi connectivity index (χ0v) is 24.6. The Morgan fingerprint density at radius 2 is 1.95 bits per heavy atom. The highest BCUT2D eigenvalue weighted by Crippen LogP contribution is 2.36. The molecular weight excluding hydrogens is 525 g/mol. The van der Waals surface area contributed by atoms with Gasteiger partial charge in [-0.3, -0.25) is 4.79 Å². The number of nitrogens with zero attached hydrogens (tertiary/aromatic N) is 7. The molecule has 0 bridgehead atoms. The van der Waals surface area contributed by atoms with Crippen LogP contribution in [0.5, 0.6) is 6.01 Å². The summed E-state index contributed by atoms with van der Waals surface area (Å²) in [5.41, 5.74) is 4.59.